The number of rotatable bonds is 8. The molecule has 4 heterocycles. The molecule has 6 rings (SSSR count). The van der Waals surface area contributed by atoms with Crippen molar-refractivity contribution in [1.82, 2.24) is 24.8 Å². The van der Waals surface area contributed by atoms with E-state index in [1.165, 1.54) is 5.39 Å². The van der Waals surface area contributed by atoms with E-state index in [9.17, 15) is 0 Å². The van der Waals surface area contributed by atoms with Crippen molar-refractivity contribution in [1.29, 1.82) is 0 Å². The zero-order valence-electron chi connectivity index (χ0n) is 20.0. The second-order valence-corrected chi connectivity index (χ2v) is 9.02. The summed E-state index contributed by atoms with van der Waals surface area (Å²) in [6, 6.07) is 14.4. The molecule has 0 saturated carbocycles. The maximum atomic E-state index is 6.33. The van der Waals surface area contributed by atoms with Gasteiger partial charge in [0.05, 0.1) is 24.4 Å². The van der Waals surface area contributed by atoms with E-state index in [2.05, 4.69) is 54.4 Å². The van der Waals surface area contributed by atoms with E-state index in [-0.39, 0.29) is 0 Å². The van der Waals surface area contributed by atoms with E-state index < -0.39 is 0 Å². The zero-order valence-corrected chi connectivity index (χ0v) is 20.0. The minimum Gasteiger partial charge on any atom is -0.492 e. The van der Waals surface area contributed by atoms with Gasteiger partial charge in [0.25, 0.3) is 0 Å². The molecule has 1 aliphatic rings. The fraction of sp³-hybridized carbons (Fsp3) is 0.259. The molecule has 9 nitrogen and oxygen atoms in total. The van der Waals surface area contributed by atoms with E-state index >= 15 is 0 Å². The van der Waals surface area contributed by atoms with E-state index in [0.717, 1.165) is 71.8 Å². The van der Waals surface area contributed by atoms with Crippen molar-refractivity contribution in [3.63, 3.8) is 0 Å². The summed E-state index contributed by atoms with van der Waals surface area (Å²) in [5, 5.41) is 5.54. The molecule has 0 amide bonds. The van der Waals surface area contributed by atoms with Gasteiger partial charge in [-0.2, -0.15) is 4.98 Å². The van der Waals surface area contributed by atoms with Crippen LogP contribution in [0.25, 0.3) is 21.8 Å². The van der Waals surface area contributed by atoms with Gasteiger partial charge >= 0.3 is 0 Å². The normalized spacial score (nSPS) is 14.4. The molecule has 0 unspecified atom stereocenters. The molecular formula is C27H29N7O2. The molecular weight excluding hydrogens is 454 g/mol. The number of aromatic nitrogens is 4. The average molecular weight is 484 g/mol. The number of anilines is 3. The molecule has 0 bridgehead atoms. The molecule has 0 spiro atoms. The van der Waals surface area contributed by atoms with Gasteiger partial charge in [0, 0.05) is 73.2 Å². The third-order valence-electron chi connectivity index (χ3n) is 6.58. The number of nitrogen functional groups attached to an aromatic ring is 1. The number of fused-ring (bicyclic) bond motifs is 2. The maximum absolute atomic E-state index is 6.33. The van der Waals surface area contributed by atoms with Gasteiger partial charge in [0.15, 0.2) is 0 Å². The minimum absolute atomic E-state index is 0.449. The van der Waals surface area contributed by atoms with E-state index in [1.54, 1.807) is 6.20 Å². The van der Waals surface area contributed by atoms with Crippen molar-refractivity contribution >= 4 is 39.3 Å². The summed E-state index contributed by atoms with van der Waals surface area (Å²) in [6.45, 7) is 4.94. The molecule has 5 N–H and O–H groups in total. The third kappa shape index (κ3) is 4.84. The Hall–Kier alpha value is -4.08. The second-order valence-electron chi connectivity index (χ2n) is 9.02. The lowest BCUT2D eigenvalue weighted by Crippen LogP contribution is -2.38. The number of nitrogens with zero attached hydrogens (tertiary/aromatic N) is 3. The summed E-state index contributed by atoms with van der Waals surface area (Å²) in [7, 11) is 0. The van der Waals surface area contributed by atoms with Crippen LogP contribution in [0.15, 0.2) is 61.1 Å². The van der Waals surface area contributed by atoms with Crippen molar-refractivity contribution < 1.29 is 9.47 Å². The number of hydrogen-bond donors (Lipinski definition) is 4. The van der Waals surface area contributed by atoms with Crippen molar-refractivity contribution in [3.05, 3.63) is 72.2 Å². The van der Waals surface area contributed by atoms with Gasteiger partial charge in [0.2, 0.25) is 5.95 Å². The van der Waals surface area contributed by atoms with E-state index in [0.29, 0.717) is 24.8 Å². The number of nitrogens with one attached hydrogen (secondary N) is 3. The maximum Gasteiger partial charge on any atom is 0.229 e. The lowest BCUT2D eigenvalue weighted by Gasteiger charge is -2.26. The standard InChI is InChI=1S/C27H29N7O2/c28-26-20(14-18-1-2-23-19(13-18)3-5-29-23)17-31-27(33-26)32-25-16-21(15-24-22(25)4-6-30-24)36-12-9-34-7-10-35-11-8-34/h1-6,13,15-17,29-30H,7-12,14H2,(H3,28,31,32,33). The van der Waals surface area contributed by atoms with Crippen LogP contribution in [0.3, 0.4) is 0 Å². The quantitative estimate of drug-likeness (QED) is 0.263. The first kappa shape index (κ1) is 22.4. The number of H-pyrrole nitrogens is 2. The van der Waals surface area contributed by atoms with Gasteiger partial charge in [-0.05, 0) is 35.2 Å². The highest BCUT2D eigenvalue weighted by Crippen LogP contribution is 2.31. The van der Waals surface area contributed by atoms with Crippen LogP contribution in [0.5, 0.6) is 5.75 Å². The Balaban J connectivity index is 1.16. The van der Waals surface area contributed by atoms with E-state index in [4.69, 9.17) is 15.2 Å². The molecule has 9 heteroatoms. The van der Waals surface area contributed by atoms with Crippen LogP contribution in [0.2, 0.25) is 0 Å². The molecule has 36 heavy (non-hydrogen) atoms. The molecule has 1 aliphatic heterocycles. The Morgan fingerprint density at radius 2 is 1.89 bits per heavy atom. The monoisotopic (exact) mass is 483 g/mol. The summed E-state index contributed by atoms with van der Waals surface area (Å²) in [5.74, 6) is 1.70. The van der Waals surface area contributed by atoms with Gasteiger partial charge < -0.3 is 30.5 Å². The highest BCUT2D eigenvalue weighted by molar-refractivity contribution is 5.94. The van der Waals surface area contributed by atoms with Crippen LogP contribution in [-0.4, -0.2) is 64.3 Å². The fourth-order valence-electron chi connectivity index (χ4n) is 4.61. The third-order valence-corrected chi connectivity index (χ3v) is 6.58. The minimum atomic E-state index is 0.449. The highest BCUT2D eigenvalue weighted by atomic mass is 16.5. The van der Waals surface area contributed by atoms with Gasteiger partial charge in [-0.15, -0.1) is 0 Å². The fourth-order valence-corrected chi connectivity index (χ4v) is 4.61. The Kier molecular flexibility index (Phi) is 6.15. The number of benzene rings is 2. The number of hydrogen-bond acceptors (Lipinski definition) is 7. The summed E-state index contributed by atoms with van der Waals surface area (Å²) in [6.07, 6.45) is 6.32. The van der Waals surface area contributed by atoms with Gasteiger partial charge in [-0.3, -0.25) is 4.90 Å². The highest BCUT2D eigenvalue weighted by Gasteiger charge is 2.13. The first-order valence-electron chi connectivity index (χ1n) is 12.2. The molecule has 0 aliphatic carbocycles. The van der Waals surface area contributed by atoms with Crippen molar-refractivity contribution in [3.8, 4) is 5.75 Å². The molecule has 5 aromatic rings. The summed E-state index contributed by atoms with van der Waals surface area (Å²) in [4.78, 5) is 17.9. The second kappa shape index (κ2) is 9.88. The molecule has 0 atom stereocenters. The van der Waals surface area contributed by atoms with Crippen LogP contribution >= 0.6 is 0 Å². The number of morpholine rings is 1. The number of nitrogens with two attached hydrogens (primary N) is 1. The lowest BCUT2D eigenvalue weighted by atomic mass is 10.1. The largest absolute Gasteiger partial charge is 0.492 e. The predicted octanol–water partition coefficient (Wildman–Crippen LogP) is 4.07. The van der Waals surface area contributed by atoms with Gasteiger partial charge in [-0.1, -0.05) is 6.07 Å². The average Bonchev–Trinajstić information content (AvgIpc) is 3.56. The van der Waals surface area contributed by atoms with Crippen LogP contribution in [0.4, 0.5) is 17.5 Å². The van der Waals surface area contributed by atoms with Crippen molar-refractivity contribution in [2.24, 2.45) is 0 Å². The van der Waals surface area contributed by atoms with Crippen LogP contribution in [-0.2, 0) is 11.2 Å². The Bertz CT molecular complexity index is 1490. The van der Waals surface area contributed by atoms with E-state index in [1.807, 2.05) is 30.6 Å². The molecule has 1 fully saturated rings. The summed E-state index contributed by atoms with van der Waals surface area (Å²) in [5.41, 5.74) is 11.3. The smallest absolute Gasteiger partial charge is 0.229 e. The SMILES string of the molecule is Nc1nc(Nc2cc(OCCN3CCOCC3)cc3[nH]ccc23)ncc1Cc1ccc2[nH]ccc2c1. The van der Waals surface area contributed by atoms with Gasteiger partial charge in [0.1, 0.15) is 18.2 Å². The van der Waals surface area contributed by atoms with Crippen molar-refractivity contribution in [2.45, 2.75) is 6.42 Å². The number of ether oxygens (including phenoxy) is 2. The molecule has 2 aromatic carbocycles. The van der Waals surface area contributed by atoms with Gasteiger partial charge in [-0.25, -0.2) is 4.98 Å². The molecule has 1 saturated heterocycles. The Labute approximate surface area is 208 Å². The summed E-state index contributed by atoms with van der Waals surface area (Å²) >= 11 is 0. The molecule has 3 aromatic heterocycles. The van der Waals surface area contributed by atoms with Crippen LogP contribution < -0.4 is 15.8 Å². The topological polar surface area (TPSA) is 117 Å². The first-order valence-corrected chi connectivity index (χ1v) is 12.2. The molecule has 0 radical (unpaired) electrons. The van der Waals surface area contributed by atoms with Crippen LogP contribution in [0.1, 0.15) is 11.1 Å². The summed E-state index contributed by atoms with van der Waals surface area (Å²) < 4.78 is 11.5. The first-order chi connectivity index (χ1) is 17.7. The Morgan fingerprint density at radius 3 is 2.78 bits per heavy atom. The zero-order chi connectivity index (χ0) is 24.3. The van der Waals surface area contributed by atoms with Crippen LogP contribution in [0, 0.1) is 0 Å². The lowest BCUT2D eigenvalue weighted by molar-refractivity contribution is 0.0322. The Morgan fingerprint density at radius 1 is 1.03 bits per heavy atom. The molecule has 184 valence electrons. The van der Waals surface area contributed by atoms with Crippen molar-refractivity contribution in [2.75, 3.05) is 50.5 Å². The number of aromatic amines is 2. The predicted molar refractivity (Wildman–Crippen MR) is 142 cm³/mol.